The summed E-state index contributed by atoms with van der Waals surface area (Å²) in [5, 5.41) is 7.76. The lowest BCUT2D eigenvalue weighted by atomic mass is 10.1. The smallest absolute Gasteiger partial charge is 0.227 e. The third-order valence-corrected chi connectivity index (χ3v) is 12.4. The van der Waals surface area contributed by atoms with E-state index < -0.39 is 21.6 Å². The van der Waals surface area contributed by atoms with Crippen LogP contribution in [0.1, 0.15) is 44.5 Å². The molecule has 2 atom stereocenters. The number of hydrogen-bond donors (Lipinski definition) is 2. The molecule has 8 heterocycles. The average Bonchev–Trinajstić information content (AvgIpc) is 3.68. The van der Waals surface area contributed by atoms with Crippen LogP contribution in [0.25, 0.3) is 0 Å². The monoisotopic (exact) mass is 751 g/mol. The molecule has 3 saturated heterocycles. The van der Waals surface area contributed by atoms with Crippen molar-refractivity contribution in [1.29, 1.82) is 0 Å². The van der Waals surface area contributed by atoms with Gasteiger partial charge < -0.3 is 29.9 Å². The molecular weight excluding hydrogens is 709 g/mol. The number of nitrogens with one attached hydrogen (secondary N) is 2. The fraction of sp³-hybridized carbons (Fsp3) is 0.594. The van der Waals surface area contributed by atoms with Crippen LogP contribution in [-0.4, -0.2) is 110 Å². The summed E-state index contributed by atoms with van der Waals surface area (Å²) in [6, 6.07) is 4.44. The van der Waals surface area contributed by atoms with E-state index in [1.165, 1.54) is 0 Å². The van der Waals surface area contributed by atoms with Crippen LogP contribution in [0.2, 0.25) is 10.3 Å². The zero-order valence-corrected chi connectivity index (χ0v) is 29.7. The highest BCUT2D eigenvalue weighted by molar-refractivity contribution is 7.85. The third kappa shape index (κ3) is 8.62. The molecule has 0 saturated carbocycles. The van der Waals surface area contributed by atoms with Gasteiger partial charge in [0.15, 0.2) is 0 Å². The van der Waals surface area contributed by atoms with Crippen LogP contribution in [0.5, 0.6) is 0 Å². The highest BCUT2D eigenvalue weighted by Gasteiger charge is 2.30. The Morgan fingerprint density at radius 1 is 0.714 bits per heavy atom. The van der Waals surface area contributed by atoms with E-state index in [1.807, 2.05) is 12.1 Å². The molecule has 13 nitrogen and oxygen atoms in total. The summed E-state index contributed by atoms with van der Waals surface area (Å²) in [4.78, 5) is 28.4. The molecule has 5 aliphatic rings. The van der Waals surface area contributed by atoms with E-state index >= 15 is 0 Å². The Balaban J connectivity index is 0.000000188. The molecule has 0 aromatic carbocycles. The summed E-state index contributed by atoms with van der Waals surface area (Å²) in [5.74, 6) is 4.31. The molecule has 5 aliphatic heterocycles. The second kappa shape index (κ2) is 16.6. The van der Waals surface area contributed by atoms with Crippen molar-refractivity contribution >= 4 is 68.2 Å². The number of ether oxygens (including phenoxy) is 2. The van der Waals surface area contributed by atoms with Crippen LogP contribution in [0.15, 0.2) is 28.1 Å². The van der Waals surface area contributed by atoms with E-state index in [-0.39, 0.29) is 12.7 Å². The minimum absolute atomic E-state index is 0. The SMILES string of the molecule is C.O=S1CCc2nc(Cl)nc(NC3CCOCC3)c21.O=S1CCc2nc(N3CCN(c4ccc(Cl)cn4)CC3)nc(NC3CCOCC3)c21. The van der Waals surface area contributed by atoms with Crippen molar-refractivity contribution in [3.8, 4) is 0 Å². The van der Waals surface area contributed by atoms with Crippen LogP contribution >= 0.6 is 23.2 Å². The molecule has 0 spiro atoms. The number of aromatic nitrogens is 5. The molecule has 3 fully saturated rings. The van der Waals surface area contributed by atoms with Crippen molar-refractivity contribution in [3.63, 3.8) is 0 Å². The standard InChI is InChI=1S/C20H25ClN6O2S.C11H14ClN3O2S.CH4/c21-14-1-2-17(22-13-14)26-6-8-27(9-7-26)20-24-16-5-12-30(28)18(16)19(25-20)23-15-3-10-29-11-4-15;12-11-14-8-3-6-18(16)9(8)10(15-11)13-7-1-4-17-5-2-7;/h1-2,13,15H,3-12H2,(H,23,24,25);7H,1-6H2,(H,13,14,15);1H4. The van der Waals surface area contributed by atoms with E-state index in [2.05, 4.69) is 35.4 Å². The summed E-state index contributed by atoms with van der Waals surface area (Å²) in [6.45, 7) is 6.30. The van der Waals surface area contributed by atoms with Gasteiger partial charge in [-0.25, -0.2) is 15.0 Å². The van der Waals surface area contributed by atoms with Crippen molar-refractivity contribution in [2.24, 2.45) is 0 Å². The molecule has 8 rings (SSSR count). The number of aryl methyl sites for hydroxylation is 2. The maximum Gasteiger partial charge on any atom is 0.227 e. The summed E-state index contributed by atoms with van der Waals surface area (Å²) in [6.07, 6.45) is 6.88. The van der Waals surface area contributed by atoms with Crippen LogP contribution in [0.3, 0.4) is 0 Å². The number of rotatable bonds is 6. The molecular formula is C32H43Cl2N9O4S2. The molecule has 2 N–H and O–H groups in total. The number of halogens is 2. The first-order valence-corrected chi connectivity index (χ1v) is 19.8. The highest BCUT2D eigenvalue weighted by atomic mass is 35.5. The van der Waals surface area contributed by atoms with Crippen molar-refractivity contribution in [2.75, 3.05) is 84.5 Å². The predicted molar refractivity (Wildman–Crippen MR) is 194 cm³/mol. The largest absolute Gasteiger partial charge is 0.381 e. The normalized spacial score (nSPS) is 22.4. The van der Waals surface area contributed by atoms with E-state index in [9.17, 15) is 8.42 Å². The fourth-order valence-electron chi connectivity index (χ4n) is 6.45. The summed E-state index contributed by atoms with van der Waals surface area (Å²) < 4.78 is 35.3. The van der Waals surface area contributed by atoms with Crippen molar-refractivity contribution in [1.82, 2.24) is 24.9 Å². The maximum absolute atomic E-state index is 12.6. The van der Waals surface area contributed by atoms with E-state index in [1.54, 1.807) is 6.20 Å². The van der Waals surface area contributed by atoms with E-state index in [0.29, 0.717) is 40.9 Å². The van der Waals surface area contributed by atoms with E-state index in [4.69, 9.17) is 42.6 Å². The molecule has 3 aromatic heterocycles. The van der Waals surface area contributed by atoms with Gasteiger partial charge in [0.05, 0.1) is 38.0 Å². The quantitative estimate of drug-likeness (QED) is 0.349. The van der Waals surface area contributed by atoms with Gasteiger partial charge in [-0.05, 0) is 49.4 Å². The van der Waals surface area contributed by atoms with Crippen LogP contribution in [0.4, 0.5) is 23.4 Å². The lowest BCUT2D eigenvalue weighted by Crippen LogP contribution is -2.47. The molecule has 2 unspecified atom stereocenters. The van der Waals surface area contributed by atoms with Gasteiger partial charge >= 0.3 is 0 Å². The Kier molecular flexibility index (Phi) is 12.2. The average molecular weight is 753 g/mol. The number of nitrogens with zero attached hydrogens (tertiary/aromatic N) is 7. The minimum atomic E-state index is -1.02. The Morgan fingerprint density at radius 2 is 1.24 bits per heavy atom. The maximum atomic E-state index is 12.6. The number of pyridine rings is 1. The highest BCUT2D eigenvalue weighted by Crippen LogP contribution is 2.32. The van der Waals surface area contributed by atoms with Gasteiger partial charge in [0, 0.05) is 95.2 Å². The van der Waals surface area contributed by atoms with Crippen molar-refractivity contribution in [2.45, 2.75) is 67.8 Å². The zero-order valence-electron chi connectivity index (χ0n) is 26.5. The molecule has 0 amide bonds. The second-order valence-electron chi connectivity index (χ2n) is 12.2. The van der Waals surface area contributed by atoms with Crippen LogP contribution in [0, 0.1) is 0 Å². The molecule has 3 aromatic rings. The van der Waals surface area contributed by atoms with Gasteiger partial charge in [-0.3, -0.25) is 8.42 Å². The van der Waals surface area contributed by atoms with Crippen molar-refractivity contribution < 1.29 is 17.9 Å². The Labute approximate surface area is 302 Å². The minimum Gasteiger partial charge on any atom is -0.381 e. The van der Waals surface area contributed by atoms with Gasteiger partial charge in [0.2, 0.25) is 11.2 Å². The molecule has 0 radical (unpaired) electrons. The topological polar surface area (TPSA) is 148 Å². The molecule has 49 heavy (non-hydrogen) atoms. The lowest BCUT2D eigenvalue weighted by molar-refractivity contribution is 0.0902. The zero-order chi connectivity index (χ0) is 33.0. The predicted octanol–water partition coefficient (Wildman–Crippen LogP) is 4.13. The number of fused-ring (bicyclic) bond motifs is 2. The Hall–Kier alpha value is -2.69. The van der Waals surface area contributed by atoms with Crippen LogP contribution in [-0.2, 0) is 43.9 Å². The summed E-state index contributed by atoms with van der Waals surface area (Å²) in [7, 11) is -2.02. The van der Waals surface area contributed by atoms with Gasteiger partial charge in [0.1, 0.15) is 27.2 Å². The summed E-state index contributed by atoms with van der Waals surface area (Å²) >= 11 is 11.9. The first kappa shape index (κ1) is 36.1. The molecule has 0 bridgehead atoms. The number of hydrogen-bond acceptors (Lipinski definition) is 13. The van der Waals surface area contributed by atoms with Gasteiger partial charge in [-0.2, -0.15) is 9.97 Å². The van der Waals surface area contributed by atoms with Gasteiger partial charge in [-0.15, -0.1) is 0 Å². The Bertz CT molecular complexity index is 1650. The third-order valence-electron chi connectivity index (χ3n) is 9.06. The molecule has 17 heteroatoms. The van der Waals surface area contributed by atoms with E-state index in [0.717, 1.165) is 123 Å². The molecule has 266 valence electrons. The summed E-state index contributed by atoms with van der Waals surface area (Å²) in [5.41, 5.74) is 1.75. The first-order valence-electron chi connectivity index (χ1n) is 16.5. The van der Waals surface area contributed by atoms with Gasteiger partial charge in [-0.1, -0.05) is 19.0 Å². The number of anilines is 4. The molecule has 0 aliphatic carbocycles. The van der Waals surface area contributed by atoms with Crippen LogP contribution < -0.4 is 20.4 Å². The van der Waals surface area contributed by atoms with Gasteiger partial charge in [0.25, 0.3) is 0 Å². The fourth-order valence-corrected chi connectivity index (χ4v) is 9.37. The first-order chi connectivity index (χ1) is 23.4. The second-order valence-corrected chi connectivity index (χ2v) is 16.0. The Morgan fingerprint density at radius 3 is 1.80 bits per heavy atom. The van der Waals surface area contributed by atoms with Crippen molar-refractivity contribution in [3.05, 3.63) is 40.0 Å². The number of piperazine rings is 1. The lowest BCUT2D eigenvalue weighted by Gasteiger charge is -2.35.